The van der Waals surface area contributed by atoms with Crippen molar-refractivity contribution in [2.45, 2.75) is 37.6 Å². The van der Waals surface area contributed by atoms with Gasteiger partial charge in [-0.05, 0) is 30.5 Å². The van der Waals surface area contributed by atoms with Crippen LogP contribution in [-0.4, -0.2) is 10.1 Å². The predicted octanol–water partition coefficient (Wildman–Crippen LogP) is 3.06. The Bertz CT molecular complexity index is 574. The zero-order valence-corrected chi connectivity index (χ0v) is 10.4. The van der Waals surface area contributed by atoms with Crippen LogP contribution in [0.5, 0.6) is 5.75 Å². The van der Waals surface area contributed by atoms with Crippen molar-refractivity contribution in [3.05, 3.63) is 36.0 Å². The molecule has 0 amide bonds. The normalized spacial score (nSPS) is 18.9. The third-order valence-corrected chi connectivity index (χ3v) is 4.01. The molecule has 0 bridgehead atoms. The lowest BCUT2D eigenvalue weighted by Gasteiger charge is -2.33. The van der Waals surface area contributed by atoms with Gasteiger partial charge in [0.05, 0.1) is 0 Å². The van der Waals surface area contributed by atoms with E-state index in [1.165, 1.54) is 19.3 Å². The quantitative estimate of drug-likeness (QED) is 0.808. The number of nitrogens with two attached hydrogens (primary N) is 1. The molecule has 1 heterocycles. The van der Waals surface area contributed by atoms with Crippen LogP contribution in [0.15, 0.2) is 30.5 Å². The minimum absolute atomic E-state index is 0.230. The van der Waals surface area contributed by atoms with E-state index in [-0.39, 0.29) is 11.3 Å². The lowest BCUT2D eigenvalue weighted by Crippen LogP contribution is -2.38. The number of fused-ring (bicyclic) bond motifs is 1. The maximum absolute atomic E-state index is 9.74. The highest BCUT2D eigenvalue weighted by Gasteiger charge is 2.29. The van der Waals surface area contributed by atoms with Crippen molar-refractivity contribution in [2.24, 2.45) is 5.73 Å². The monoisotopic (exact) mass is 242 g/mol. The molecular formula is C15H18N2O. The van der Waals surface area contributed by atoms with E-state index in [4.69, 9.17) is 5.73 Å². The number of phenols is 1. The summed E-state index contributed by atoms with van der Waals surface area (Å²) in [5, 5.41) is 10.7. The highest BCUT2D eigenvalue weighted by Crippen LogP contribution is 2.36. The van der Waals surface area contributed by atoms with E-state index >= 15 is 0 Å². The van der Waals surface area contributed by atoms with Gasteiger partial charge in [0.2, 0.25) is 0 Å². The smallest absolute Gasteiger partial charge is 0.141 e. The molecule has 94 valence electrons. The van der Waals surface area contributed by atoms with Gasteiger partial charge in [0.1, 0.15) is 11.3 Å². The Labute approximate surface area is 107 Å². The van der Waals surface area contributed by atoms with Crippen LogP contribution in [0.3, 0.4) is 0 Å². The maximum Gasteiger partial charge on any atom is 0.141 e. The molecule has 3 heteroatoms. The van der Waals surface area contributed by atoms with Crippen LogP contribution >= 0.6 is 0 Å². The minimum atomic E-state index is -0.231. The van der Waals surface area contributed by atoms with E-state index in [9.17, 15) is 5.11 Å². The third-order valence-electron chi connectivity index (χ3n) is 4.01. The van der Waals surface area contributed by atoms with E-state index in [1.54, 1.807) is 6.07 Å². The average molecular weight is 242 g/mol. The Morgan fingerprint density at radius 2 is 1.94 bits per heavy atom. The summed E-state index contributed by atoms with van der Waals surface area (Å²) in [6.07, 6.45) is 7.54. The number of benzene rings is 1. The van der Waals surface area contributed by atoms with Gasteiger partial charge in [-0.15, -0.1) is 0 Å². The molecule has 1 fully saturated rings. The number of para-hydroxylation sites is 1. The van der Waals surface area contributed by atoms with Gasteiger partial charge in [-0.2, -0.15) is 0 Å². The van der Waals surface area contributed by atoms with E-state index in [0.29, 0.717) is 5.52 Å². The van der Waals surface area contributed by atoms with Crippen LogP contribution in [0.4, 0.5) is 0 Å². The molecule has 3 rings (SSSR count). The summed E-state index contributed by atoms with van der Waals surface area (Å²) in [5.41, 5.74) is 8.03. The van der Waals surface area contributed by atoms with Gasteiger partial charge in [-0.3, -0.25) is 4.98 Å². The fraction of sp³-hybridized carbons (Fsp3) is 0.400. The topological polar surface area (TPSA) is 59.1 Å². The fourth-order valence-corrected chi connectivity index (χ4v) is 2.89. The molecule has 3 N–H and O–H groups in total. The summed E-state index contributed by atoms with van der Waals surface area (Å²) in [6, 6.07) is 7.55. The number of aromatic nitrogens is 1. The van der Waals surface area contributed by atoms with Crippen LogP contribution in [0.1, 0.15) is 37.7 Å². The first kappa shape index (κ1) is 11.5. The molecule has 0 atom stereocenters. The number of aromatic hydroxyl groups is 1. The zero-order chi connectivity index (χ0) is 12.6. The van der Waals surface area contributed by atoms with Crippen molar-refractivity contribution in [1.29, 1.82) is 0 Å². The molecule has 0 spiro atoms. The molecule has 1 aromatic heterocycles. The number of rotatable bonds is 1. The van der Waals surface area contributed by atoms with Crippen LogP contribution in [-0.2, 0) is 5.54 Å². The van der Waals surface area contributed by atoms with Crippen molar-refractivity contribution in [2.75, 3.05) is 0 Å². The Kier molecular flexibility index (Phi) is 2.71. The second-order valence-corrected chi connectivity index (χ2v) is 5.29. The molecule has 3 nitrogen and oxygen atoms in total. The summed E-state index contributed by atoms with van der Waals surface area (Å²) in [4.78, 5) is 4.37. The SMILES string of the molecule is NC1(c2cnc3c(O)cccc3c2)CCCCC1. The minimum Gasteiger partial charge on any atom is -0.506 e. The van der Waals surface area contributed by atoms with Gasteiger partial charge < -0.3 is 10.8 Å². The second kappa shape index (κ2) is 4.25. The highest BCUT2D eigenvalue weighted by atomic mass is 16.3. The number of pyridine rings is 1. The molecular weight excluding hydrogens is 224 g/mol. The van der Waals surface area contributed by atoms with Crippen molar-refractivity contribution in [3.8, 4) is 5.75 Å². The van der Waals surface area contributed by atoms with Crippen LogP contribution in [0.2, 0.25) is 0 Å². The molecule has 1 saturated carbocycles. The second-order valence-electron chi connectivity index (χ2n) is 5.29. The van der Waals surface area contributed by atoms with E-state index in [2.05, 4.69) is 11.1 Å². The van der Waals surface area contributed by atoms with Gasteiger partial charge in [0, 0.05) is 17.1 Å². The Hall–Kier alpha value is -1.61. The lowest BCUT2D eigenvalue weighted by molar-refractivity contribution is 0.302. The van der Waals surface area contributed by atoms with Crippen molar-refractivity contribution in [1.82, 2.24) is 4.98 Å². The molecule has 0 radical (unpaired) electrons. The molecule has 1 aliphatic carbocycles. The molecule has 2 aromatic rings. The van der Waals surface area contributed by atoms with E-state index in [0.717, 1.165) is 23.8 Å². The summed E-state index contributed by atoms with van der Waals surface area (Å²) in [5.74, 6) is 0.230. The Morgan fingerprint density at radius 3 is 2.72 bits per heavy atom. The summed E-state index contributed by atoms with van der Waals surface area (Å²) in [6.45, 7) is 0. The first-order valence-electron chi connectivity index (χ1n) is 6.56. The summed E-state index contributed by atoms with van der Waals surface area (Å²) >= 11 is 0. The summed E-state index contributed by atoms with van der Waals surface area (Å²) in [7, 11) is 0. The van der Waals surface area contributed by atoms with Crippen LogP contribution in [0, 0.1) is 0 Å². The van der Waals surface area contributed by atoms with Gasteiger partial charge >= 0.3 is 0 Å². The summed E-state index contributed by atoms with van der Waals surface area (Å²) < 4.78 is 0. The van der Waals surface area contributed by atoms with Gasteiger partial charge in [0.25, 0.3) is 0 Å². The third kappa shape index (κ3) is 1.85. The van der Waals surface area contributed by atoms with Gasteiger partial charge in [0.15, 0.2) is 0 Å². The van der Waals surface area contributed by atoms with Crippen LogP contribution in [0.25, 0.3) is 10.9 Å². The molecule has 18 heavy (non-hydrogen) atoms. The van der Waals surface area contributed by atoms with Crippen LogP contribution < -0.4 is 5.73 Å². The largest absolute Gasteiger partial charge is 0.506 e. The molecule has 1 aromatic carbocycles. The lowest BCUT2D eigenvalue weighted by atomic mass is 9.78. The number of nitrogens with zero attached hydrogens (tertiary/aromatic N) is 1. The standard InChI is InChI=1S/C15H18N2O/c16-15(7-2-1-3-8-15)12-9-11-5-4-6-13(18)14(11)17-10-12/h4-6,9-10,18H,1-3,7-8,16H2. The first-order chi connectivity index (χ1) is 8.69. The fourth-order valence-electron chi connectivity index (χ4n) is 2.89. The number of hydrogen-bond donors (Lipinski definition) is 2. The Balaban J connectivity index is 2.08. The number of phenolic OH excluding ortho intramolecular Hbond substituents is 1. The molecule has 1 aliphatic rings. The average Bonchev–Trinajstić information content (AvgIpc) is 2.39. The van der Waals surface area contributed by atoms with Gasteiger partial charge in [-0.1, -0.05) is 31.4 Å². The predicted molar refractivity (Wildman–Crippen MR) is 72.4 cm³/mol. The zero-order valence-electron chi connectivity index (χ0n) is 10.4. The van der Waals surface area contributed by atoms with Crippen molar-refractivity contribution >= 4 is 10.9 Å². The van der Waals surface area contributed by atoms with E-state index in [1.807, 2.05) is 18.3 Å². The van der Waals surface area contributed by atoms with E-state index < -0.39 is 0 Å². The first-order valence-corrected chi connectivity index (χ1v) is 6.56. The van der Waals surface area contributed by atoms with Gasteiger partial charge in [-0.25, -0.2) is 0 Å². The Morgan fingerprint density at radius 1 is 1.17 bits per heavy atom. The molecule has 0 aliphatic heterocycles. The van der Waals surface area contributed by atoms with Crippen molar-refractivity contribution in [3.63, 3.8) is 0 Å². The maximum atomic E-state index is 9.74. The highest BCUT2D eigenvalue weighted by molar-refractivity contribution is 5.84. The number of hydrogen-bond acceptors (Lipinski definition) is 3. The molecule has 0 saturated heterocycles. The van der Waals surface area contributed by atoms with Crippen molar-refractivity contribution < 1.29 is 5.11 Å². The molecule has 0 unspecified atom stereocenters.